The van der Waals surface area contributed by atoms with Crippen LogP contribution >= 0.6 is 24.0 Å². The van der Waals surface area contributed by atoms with Crippen LogP contribution in [0.15, 0.2) is 65.7 Å². The van der Waals surface area contributed by atoms with Crippen molar-refractivity contribution >= 4 is 39.9 Å². The molecule has 0 aliphatic carbocycles. The summed E-state index contributed by atoms with van der Waals surface area (Å²) >= 11 is 6.43. The molecule has 2 aromatic rings. The number of thiocarbonyl (C=S) groups is 1. The number of nitrogens with two attached hydrogens (primary N) is 1. The van der Waals surface area contributed by atoms with Crippen LogP contribution in [0.2, 0.25) is 0 Å². The molecule has 3 nitrogen and oxygen atoms in total. The van der Waals surface area contributed by atoms with E-state index in [0.717, 1.165) is 11.4 Å². The maximum absolute atomic E-state index is 5.51. The molecular formula is C15H15N3S2. The summed E-state index contributed by atoms with van der Waals surface area (Å²) in [6.07, 6.45) is 0. The topological polar surface area (TPSA) is 50.4 Å². The number of nitrogens with zero attached hydrogens (tertiary/aromatic N) is 1. The van der Waals surface area contributed by atoms with Gasteiger partial charge in [0.25, 0.3) is 0 Å². The van der Waals surface area contributed by atoms with Gasteiger partial charge in [0.2, 0.25) is 0 Å². The molecule has 0 aromatic heterocycles. The lowest BCUT2D eigenvalue weighted by atomic mass is 10.2. The standard InChI is InChI=1S/C15H15N3S2/c16-14(19)18-15(17-13-9-5-2-6-10-13)20-11-12-7-3-1-4-8-12/h1-10H,11H2,(H3,16,17,18,19). The predicted molar refractivity (Wildman–Crippen MR) is 92.0 cm³/mol. The smallest absolute Gasteiger partial charge is 0.192 e. The van der Waals surface area contributed by atoms with Crippen molar-refractivity contribution < 1.29 is 0 Å². The van der Waals surface area contributed by atoms with Gasteiger partial charge < -0.3 is 11.1 Å². The lowest BCUT2D eigenvalue weighted by molar-refractivity contribution is 1.42. The minimum Gasteiger partial charge on any atom is -0.374 e. The molecule has 2 aromatic carbocycles. The zero-order valence-electron chi connectivity index (χ0n) is 10.8. The van der Waals surface area contributed by atoms with Crippen molar-refractivity contribution in [3.05, 3.63) is 66.2 Å². The Morgan fingerprint density at radius 1 is 1.05 bits per heavy atom. The van der Waals surface area contributed by atoms with E-state index in [9.17, 15) is 0 Å². The molecule has 0 radical (unpaired) electrons. The van der Waals surface area contributed by atoms with Crippen molar-refractivity contribution in [2.45, 2.75) is 5.75 Å². The Labute approximate surface area is 128 Å². The summed E-state index contributed by atoms with van der Waals surface area (Å²) < 4.78 is 0. The number of aliphatic imine (C=N–C) groups is 1. The van der Waals surface area contributed by atoms with Crippen LogP contribution in [-0.4, -0.2) is 10.3 Å². The van der Waals surface area contributed by atoms with Gasteiger partial charge in [0.05, 0.1) is 0 Å². The average Bonchev–Trinajstić information content (AvgIpc) is 2.46. The van der Waals surface area contributed by atoms with Crippen LogP contribution in [-0.2, 0) is 5.75 Å². The summed E-state index contributed by atoms with van der Waals surface area (Å²) in [4.78, 5) is 4.17. The van der Waals surface area contributed by atoms with Gasteiger partial charge in [-0.3, -0.25) is 0 Å². The van der Waals surface area contributed by atoms with E-state index in [1.807, 2.05) is 48.5 Å². The summed E-state index contributed by atoms with van der Waals surface area (Å²) in [5, 5.41) is 4.06. The number of anilines is 1. The number of nitrogens with one attached hydrogen (secondary N) is 1. The van der Waals surface area contributed by atoms with Gasteiger partial charge >= 0.3 is 0 Å². The van der Waals surface area contributed by atoms with E-state index in [-0.39, 0.29) is 5.11 Å². The van der Waals surface area contributed by atoms with Gasteiger partial charge in [0.1, 0.15) is 0 Å². The Balaban J connectivity index is 2.03. The van der Waals surface area contributed by atoms with Crippen molar-refractivity contribution in [3.63, 3.8) is 0 Å². The zero-order chi connectivity index (χ0) is 14.2. The fourth-order valence-electron chi connectivity index (χ4n) is 1.57. The lowest BCUT2D eigenvalue weighted by Crippen LogP contribution is -2.14. The molecular weight excluding hydrogens is 286 g/mol. The van der Waals surface area contributed by atoms with E-state index >= 15 is 0 Å². The second-order valence-electron chi connectivity index (χ2n) is 4.02. The van der Waals surface area contributed by atoms with Gasteiger partial charge in [-0.2, -0.15) is 4.99 Å². The van der Waals surface area contributed by atoms with Crippen molar-refractivity contribution in [3.8, 4) is 0 Å². The molecule has 0 amide bonds. The number of amidine groups is 1. The van der Waals surface area contributed by atoms with Gasteiger partial charge in [-0.05, 0) is 29.9 Å². The van der Waals surface area contributed by atoms with E-state index in [1.54, 1.807) is 11.8 Å². The molecule has 2 rings (SSSR count). The highest BCUT2D eigenvalue weighted by molar-refractivity contribution is 8.13. The Hall–Kier alpha value is -1.85. The van der Waals surface area contributed by atoms with Crippen LogP contribution in [0.25, 0.3) is 0 Å². The van der Waals surface area contributed by atoms with Gasteiger partial charge in [-0.25, -0.2) is 0 Å². The molecule has 5 heteroatoms. The summed E-state index contributed by atoms with van der Waals surface area (Å²) in [5.74, 6) is 0.808. The third kappa shape index (κ3) is 5.03. The molecule has 0 saturated heterocycles. The normalized spacial score (nSPS) is 11.1. The molecule has 0 aliphatic heterocycles. The van der Waals surface area contributed by atoms with E-state index in [4.69, 9.17) is 18.0 Å². The minimum absolute atomic E-state index is 0.129. The summed E-state index contributed by atoms with van der Waals surface area (Å²) in [6.45, 7) is 0. The van der Waals surface area contributed by atoms with Gasteiger partial charge in [-0.1, -0.05) is 60.3 Å². The quantitative estimate of drug-likeness (QED) is 0.516. The van der Waals surface area contributed by atoms with Crippen LogP contribution in [0.3, 0.4) is 0 Å². The van der Waals surface area contributed by atoms with E-state index in [0.29, 0.717) is 5.17 Å². The highest BCUT2D eigenvalue weighted by Crippen LogP contribution is 2.16. The molecule has 0 spiro atoms. The first-order valence-corrected chi connectivity index (χ1v) is 7.50. The van der Waals surface area contributed by atoms with Crippen LogP contribution in [0, 0.1) is 0 Å². The predicted octanol–water partition coefficient (Wildman–Crippen LogP) is 3.63. The Bertz CT molecular complexity index is 583. The van der Waals surface area contributed by atoms with Crippen LogP contribution in [0.5, 0.6) is 0 Å². The number of thioether (sulfide) groups is 1. The molecule has 0 fully saturated rings. The van der Waals surface area contributed by atoms with Crippen LogP contribution in [0.4, 0.5) is 5.69 Å². The fourth-order valence-corrected chi connectivity index (χ4v) is 2.57. The SMILES string of the molecule is NC(=S)/N=C(/Nc1ccccc1)SCc1ccccc1. The molecule has 0 bridgehead atoms. The summed E-state index contributed by atoms with van der Waals surface area (Å²) in [5.41, 5.74) is 7.69. The van der Waals surface area contributed by atoms with E-state index in [1.165, 1.54) is 5.56 Å². The Morgan fingerprint density at radius 3 is 2.25 bits per heavy atom. The second-order valence-corrected chi connectivity index (χ2v) is 5.40. The zero-order valence-corrected chi connectivity index (χ0v) is 12.5. The highest BCUT2D eigenvalue weighted by Gasteiger charge is 2.03. The highest BCUT2D eigenvalue weighted by atomic mass is 32.2. The van der Waals surface area contributed by atoms with Gasteiger partial charge in [0, 0.05) is 11.4 Å². The molecule has 20 heavy (non-hydrogen) atoms. The number of benzene rings is 2. The van der Waals surface area contributed by atoms with Crippen molar-refractivity contribution in [1.82, 2.24) is 0 Å². The van der Waals surface area contributed by atoms with E-state index in [2.05, 4.69) is 22.4 Å². The second kappa shape index (κ2) is 7.67. The minimum atomic E-state index is 0.129. The van der Waals surface area contributed by atoms with Crippen molar-refractivity contribution in [1.29, 1.82) is 0 Å². The molecule has 0 unspecified atom stereocenters. The molecule has 0 saturated carbocycles. The number of rotatable bonds is 3. The van der Waals surface area contributed by atoms with E-state index < -0.39 is 0 Å². The first kappa shape index (κ1) is 14.6. The molecule has 0 heterocycles. The molecule has 0 aliphatic rings. The van der Waals surface area contributed by atoms with Crippen LogP contribution in [0.1, 0.15) is 5.56 Å². The Kier molecular flexibility index (Phi) is 5.58. The van der Waals surface area contributed by atoms with Crippen molar-refractivity contribution in [2.24, 2.45) is 10.7 Å². The largest absolute Gasteiger partial charge is 0.374 e. The number of para-hydroxylation sites is 1. The molecule has 102 valence electrons. The monoisotopic (exact) mass is 301 g/mol. The van der Waals surface area contributed by atoms with Gasteiger partial charge in [-0.15, -0.1) is 0 Å². The first-order chi connectivity index (χ1) is 9.74. The van der Waals surface area contributed by atoms with Gasteiger partial charge in [0.15, 0.2) is 10.3 Å². The summed E-state index contributed by atoms with van der Waals surface area (Å²) in [6, 6.07) is 20.0. The maximum Gasteiger partial charge on any atom is 0.192 e. The summed E-state index contributed by atoms with van der Waals surface area (Å²) in [7, 11) is 0. The molecule has 3 N–H and O–H groups in total. The lowest BCUT2D eigenvalue weighted by Gasteiger charge is -2.09. The van der Waals surface area contributed by atoms with Crippen molar-refractivity contribution in [2.75, 3.05) is 5.32 Å². The third-order valence-corrected chi connectivity index (χ3v) is 3.49. The van der Waals surface area contributed by atoms with Crippen LogP contribution < -0.4 is 11.1 Å². The molecule has 0 atom stereocenters. The fraction of sp³-hybridized carbons (Fsp3) is 0.0667. The number of hydrogen-bond donors (Lipinski definition) is 2. The first-order valence-electron chi connectivity index (χ1n) is 6.11. The number of hydrogen-bond acceptors (Lipinski definition) is 2. The Morgan fingerprint density at radius 2 is 1.65 bits per heavy atom. The third-order valence-electron chi connectivity index (χ3n) is 2.46. The average molecular weight is 301 g/mol. The maximum atomic E-state index is 5.51.